The number of amides is 1. The summed E-state index contributed by atoms with van der Waals surface area (Å²) in [7, 11) is 0. The summed E-state index contributed by atoms with van der Waals surface area (Å²) >= 11 is 0. The fourth-order valence-corrected chi connectivity index (χ4v) is 2.09. The smallest absolute Gasteiger partial charge is 0.344 e. The van der Waals surface area contributed by atoms with Gasteiger partial charge in [0.05, 0.1) is 6.61 Å². The highest BCUT2D eigenvalue weighted by molar-refractivity contribution is 5.95. The number of hydrogen-bond acceptors (Lipinski definition) is 5. The summed E-state index contributed by atoms with van der Waals surface area (Å²) in [5, 5.41) is 2.68. The van der Waals surface area contributed by atoms with Crippen molar-refractivity contribution in [3.63, 3.8) is 0 Å². The Labute approximate surface area is 153 Å². The number of rotatable bonds is 9. The van der Waals surface area contributed by atoms with Crippen LogP contribution in [-0.4, -0.2) is 31.2 Å². The Morgan fingerprint density at radius 2 is 1.58 bits per heavy atom. The third-order valence-electron chi connectivity index (χ3n) is 3.38. The van der Waals surface area contributed by atoms with Crippen LogP contribution in [0.3, 0.4) is 0 Å². The number of esters is 1. The highest BCUT2D eigenvalue weighted by Crippen LogP contribution is 2.26. The standard InChI is InChI=1S/C20H23NO5/c1-3-13-24-17-11-7-8-12-18(17)25-14-19(22)26-15(2)20(23)21-16-9-5-4-6-10-16/h4-12,15H,3,13-14H2,1-2H3,(H,21,23)/t15-/m1/s1. The maximum Gasteiger partial charge on any atom is 0.344 e. The molecule has 6 heteroatoms. The van der Waals surface area contributed by atoms with Crippen LogP contribution in [0.2, 0.25) is 0 Å². The monoisotopic (exact) mass is 357 g/mol. The minimum Gasteiger partial charge on any atom is -0.490 e. The molecular weight excluding hydrogens is 334 g/mol. The maximum absolute atomic E-state index is 12.0. The van der Waals surface area contributed by atoms with E-state index in [1.54, 1.807) is 42.5 Å². The molecular formula is C20H23NO5. The molecule has 0 aliphatic carbocycles. The molecule has 2 rings (SSSR count). The van der Waals surface area contributed by atoms with Crippen LogP contribution in [0.1, 0.15) is 20.3 Å². The van der Waals surface area contributed by atoms with Crippen molar-refractivity contribution in [1.82, 2.24) is 0 Å². The van der Waals surface area contributed by atoms with Crippen molar-refractivity contribution in [3.8, 4) is 11.5 Å². The van der Waals surface area contributed by atoms with Crippen LogP contribution in [0, 0.1) is 0 Å². The van der Waals surface area contributed by atoms with Gasteiger partial charge in [0.15, 0.2) is 24.2 Å². The molecule has 0 heterocycles. The van der Waals surface area contributed by atoms with E-state index in [0.29, 0.717) is 23.8 Å². The topological polar surface area (TPSA) is 73.9 Å². The molecule has 0 spiro atoms. The lowest BCUT2D eigenvalue weighted by Crippen LogP contribution is -2.31. The molecule has 0 bridgehead atoms. The first kappa shape index (κ1) is 19.3. The summed E-state index contributed by atoms with van der Waals surface area (Å²) in [6, 6.07) is 16.1. The molecule has 0 fully saturated rings. The van der Waals surface area contributed by atoms with Crippen LogP contribution in [0.25, 0.3) is 0 Å². The van der Waals surface area contributed by atoms with Gasteiger partial charge >= 0.3 is 5.97 Å². The molecule has 0 saturated heterocycles. The number of carbonyl (C=O) groups is 2. The van der Waals surface area contributed by atoms with E-state index in [0.717, 1.165) is 6.42 Å². The van der Waals surface area contributed by atoms with Crippen molar-refractivity contribution < 1.29 is 23.8 Å². The average Bonchev–Trinajstić information content (AvgIpc) is 2.66. The summed E-state index contributed by atoms with van der Waals surface area (Å²) in [5.41, 5.74) is 0.638. The molecule has 0 aliphatic heterocycles. The first-order valence-corrected chi connectivity index (χ1v) is 8.50. The van der Waals surface area contributed by atoms with Gasteiger partial charge < -0.3 is 19.5 Å². The second-order valence-corrected chi connectivity index (χ2v) is 5.57. The Bertz CT molecular complexity index is 717. The minimum atomic E-state index is -0.933. The van der Waals surface area contributed by atoms with Gasteiger partial charge in [0.25, 0.3) is 5.91 Å². The SMILES string of the molecule is CCCOc1ccccc1OCC(=O)O[C@H](C)C(=O)Nc1ccccc1. The van der Waals surface area contributed by atoms with E-state index in [2.05, 4.69) is 5.32 Å². The zero-order valence-corrected chi connectivity index (χ0v) is 14.9. The highest BCUT2D eigenvalue weighted by atomic mass is 16.6. The predicted molar refractivity (Wildman–Crippen MR) is 98.3 cm³/mol. The van der Waals surface area contributed by atoms with Gasteiger partial charge in [-0.05, 0) is 37.6 Å². The summed E-state index contributed by atoms with van der Waals surface area (Å²) in [6.07, 6.45) is -0.0670. The lowest BCUT2D eigenvalue weighted by atomic mass is 10.3. The number of benzene rings is 2. The van der Waals surface area contributed by atoms with E-state index in [-0.39, 0.29) is 6.61 Å². The van der Waals surface area contributed by atoms with Crippen LogP contribution >= 0.6 is 0 Å². The van der Waals surface area contributed by atoms with Gasteiger partial charge in [-0.2, -0.15) is 0 Å². The first-order valence-electron chi connectivity index (χ1n) is 8.50. The van der Waals surface area contributed by atoms with Gasteiger partial charge in [-0.15, -0.1) is 0 Å². The minimum absolute atomic E-state index is 0.310. The summed E-state index contributed by atoms with van der Waals surface area (Å²) in [4.78, 5) is 24.0. The predicted octanol–water partition coefficient (Wildman–Crippen LogP) is 3.42. The number of anilines is 1. The van der Waals surface area contributed by atoms with E-state index in [1.807, 2.05) is 19.1 Å². The van der Waals surface area contributed by atoms with Crippen molar-refractivity contribution in [2.24, 2.45) is 0 Å². The third-order valence-corrected chi connectivity index (χ3v) is 3.38. The molecule has 1 amide bonds. The quantitative estimate of drug-likeness (QED) is 0.696. The fraction of sp³-hybridized carbons (Fsp3) is 0.300. The second kappa shape index (κ2) is 10.1. The Kier molecular flexibility index (Phi) is 7.49. The van der Waals surface area contributed by atoms with Crippen LogP contribution in [0.5, 0.6) is 11.5 Å². The largest absolute Gasteiger partial charge is 0.490 e. The maximum atomic E-state index is 12.0. The summed E-state index contributed by atoms with van der Waals surface area (Å²) in [6.45, 7) is 3.76. The molecule has 1 N–H and O–H groups in total. The molecule has 0 aromatic heterocycles. The van der Waals surface area contributed by atoms with Gasteiger partial charge in [-0.25, -0.2) is 4.79 Å². The van der Waals surface area contributed by atoms with E-state index in [9.17, 15) is 9.59 Å². The number of hydrogen-bond donors (Lipinski definition) is 1. The number of carbonyl (C=O) groups excluding carboxylic acids is 2. The summed E-state index contributed by atoms with van der Waals surface area (Å²) < 4.78 is 16.1. The Balaban J connectivity index is 1.82. The van der Waals surface area contributed by atoms with Gasteiger partial charge in [-0.1, -0.05) is 37.3 Å². The van der Waals surface area contributed by atoms with Crippen molar-refractivity contribution in [2.45, 2.75) is 26.4 Å². The molecule has 1 atom stereocenters. The normalized spacial score (nSPS) is 11.3. The molecule has 0 unspecified atom stereocenters. The number of para-hydroxylation sites is 3. The van der Waals surface area contributed by atoms with Gasteiger partial charge in [-0.3, -0.25) is 4.79 Å². The van der Waals surface area contributed by atoms with Crippen molar-refractivity contribution in [1.29, 1.82) is 0 Å². The average molecular weight is 357 g/mol. The van der Waals surface area contributed by atoms with Crippen LogP contribution in [-0.2, 0) is 14.3 Å². The molecule has 2 aromatic carbocycles. The van der Waals surface area contributed by atoms with Gasteiger partial charge in [0.1, 0.15) is 0 Å². The van der Waals surface area contributed by atoms with E-state index in [1.165, 1.54) is 6.92 Å². The zero-order chi connectivity index (χ0) is 18.8. The third kappa shape index (κ3) is 6.12. The number of ether oxygens (including phenoxy) is 3. The van der Waals surface area contributed by atoms with Gasteiger partial charge in [0.2, 0.25) is 0 Å². The van der Waals surface area contributed by atoms with Crippen molar-refractivity contribution in [2.75, 3.05) is 18.5 Å². The fourth-order valence-electron chi connectivity index (χ4n) is 2.09. The van der Waals surface area contributed by atoms with E-state index in [4.69, 9.17) is 14.2 Å². The first-order chi connectivity index (χ1) is 12.6. The van der Waals surface area contributed by atoms with Gasteiger partial charge in [0, 0.05) is 5.69 Å². The van der Waals surface area contributed by atoms with E-state index >= 15 is 0 Å². The van der Waals surface area contributed by atoms with Crippen LogP contribution < -0.4 is 14.8 Å². The lowest BCUT2D eigenvalue weighted by molar-refractivity contribution is -0.155. The van der Waals surface area contributed by atoms with Crippen molar-refractivity contribution >= 4 is 17.6 Å². The zero-order valence-electron chi connectivity index (χ0n) is 14.9. The second-order valence-electron chi connectivity index (χ2n) is 5.57. The molecule has 2 aromatic rings. The van der Waals surface area contributed by atoms with Crippen LogP contribution in [0.4, 0.5) is 5.69 Å². The highest BCUT2D eigenvalue weighted by Gasteiger charge is 2.18. The lowest BCUT2D eigenvalue weighted by Gasteiger charge is -2.15. The Morgan fingerprint density at radius 3 is 2.23 bits per heavy atom. The van der Waals surface area contributed by atoms with E-state index < -0.39 is 18.0 Å². The molecule has 6 nitrogen and oxygen atoms in total. The Hall–Kier alpha value is -3.02. The number of nitrogens with one attached hydrogen (secondary N) is 1. The Morgan fingerprint density at radius 1 is 0.962 bits per heavy atom. The molecule has 138 valence electrons. The van der Waals surface area contributed by atoms with Crippen molar-refractivity contribution in [3.05, 3.63) is 54.6 Å². The molecule has 0 radical (unpaired) electrons. The summed E-state index contributed by atoms with van der Waals surface area (Å²) in [5.74, 6) is -0.0152. The molecule has 26 heavy (non-hydrogen) atoms. The van der Waals surface area contributed by atoms with Crippen LogP contribution in [0.15, 0.2) is 54.6 Å². The molecule has 0 aliphatic rings. The molecule has 0 saturated carbocycles.